The van der Waals surface area contributed by atoms with Gasteiger partial charge in [-0.1, -0.05) is 30.3 Å². The lowest BCUT2D eigenvalue weighted by Crippen LogP contribution is -2.52. The third-order valence-electron chi connectivity index (χ3n) is 5.61. The molecular weight excluding hydrogens is 394 g/mol. The smallest absolute Gasteiger partial charge is 0.320 e. The van der Waals surface area contributed by atoms with E-state index in [1.54, 1.807) is 19.2 Å². The Morgan fingerprint density at radius 1 is 1.06 bits per heavy atom. The van der Waals surface area contributed by atoms with Crippen molar-refractivity contribution in [2.24, 2.45) is 5.84 Å². The van der Waals surface area contributed by atoms with Crippen molar-refractivity contribution in [3.8, 4) is 5.75 Å². The van der Waals surface area contributed by atoms with Gasteiger partial charge in [0.1, 0.15) is 5.75 Å². The van der Waals surface area contributed by atoms with Crippen LogP contribution >= 0.6 is 0 Å². The van der Waals surface area contributed by atoms with Crippen molar-refractivity contribution >= 4 is 11.9 Å². The zero-order valence-electron chi connectivity index (χ0n) is 18.2. The second-order valence-electron chi connectivity index (χ2n) is 7.73. The monoisotopic (exact) mass is 425 g/mol. The summed E-state index contributed by atoms with van der Waals surface area (Å²) in [5.41, 5.74) is 4.63. The van der Waals surface area contributed by atoms with E-state index in [2.05, 4.69) is 17.4 Å². The predicted octanol–water partition coefficient (Wildman–Crippen LogP) is 1.71. The minimum atomic E-state index is -0.340. The van der Waals surface area contributed by atoms with E-state index < -0.39 is 0 Å². The maximum Gasteiger partial charge on any atom is 0.320 e. The molecule has 2 aromatic carbocycles. The topological polar surface area (TPSA) is 91.1 Å². The van der Waals surface area contributed by atoms with Gasteiger partial charge in [0, 0.05) is 44.8 Å². The summed E-state index contributed by atoms with van der Waals surface area (Å²) < 4.78 is 5.46. The lowest BCUT2D eigenvalue weighted by atomic mass is 10.1. The average molecular weight is 426 g/mol. The Morgan fingerprint density at radius 2 is 1.74 bits per heavy atom. The fourth-order valence-corrected chi connectivity index (χ4v) is 3.67. The third kappa shape index (κ3) is 5.96. The van der Waals surface area contributed by atoms with E-state index in [1.165, 1.54) is 0 Å². The number of carbonyl (C=O) groups excluding carboxylic acids is 2. The fraction of sp³-hybridized carbons (Fsp3) is 0.391. The summed E-state index contributed by atoms with van der Waals surface area (Å²) in [4.78, 5) is 31.0. The number of benzene rings is 2. The fourth-order valence-electron chi connectivity index (χ4n) is 3.67. The summed E-state index contributed by atoms with van der Waals surface area (Å²) >= 11 is 0. The Balaban J connectivity index is 1.74. The van der Waals surface area contributed by atoms with E-state index in [9.17, 15) is 9.59 Å². The van der Waals surface area contributed by atoms with Crippen molar-refractivity contribution in [1.29, 1.82) is 0 Å². The maximum absolute atomic E-state index is 13.3. The molecule has 0 radical (unpaired) electrons. The van der Waals surface area contributed by atoms with Gasteiger partial charge in [-0.2, -0.15) is 0 Å². The van der Waals surface area contributed by atoms with Crippen molar-refractivity contribution in [2.45, 2.75) is 13.0 Å². The summed E-state index contributed by atoms with van der Waals surface area (Å²) in [5, 5.41) is 0. The number of para-hydroxylation sites is 1. The van der Waals surface area contributed by atoms with Crippen LogP contribution in [0.3, 0.4) is 0 Å². The largest absolute Gasteiger partial charge is 0.496 e. The molecule has 3 rings (SSSR count). The second kappa shape index (κ2) is 10.8. The highest BCUT2D eigenvalue weighted by atomic mass is 16.5. The number of nitrogens with two attached hydrogens (primary N) is 1. The summed E-state index contributed by atoms with van der Waals surface area (Å²) in [5.74, 6) is 5.69. The van der Waals surface area contributed by atoms with Gasteiger partial charge in [-0.3, -0.25) is 10.2 Å². The standard InChI is InChI=1S/C23H31N5O3/c1-26-13-15-27(16-14-26)23(30)28(12-11-19-5-3-4-6-21(19)31-2)17-18-7-9-20(10-8-18)22(29)25-24/h3-10H,11-17,24H2,1-2H3,(H,25,29). The van der Waals surface area contributed by atoms with Gasteiger partial charge in [0.25, 0.3) is 5.91 Å². The molecule has 0 bridgehead atoms. The minimum absolute atomic E-state index is 0.0341. The molecule has 0 unspecified atom stereocenters. The Morgan fingerprint density at radius 3 is 2.39 bits per heavy atom. The highest BCUT2D eigenvalue weighted by molar-refractivity contribution is 5.93. The molecule has 2 aromatic rings. The molecule has 0 aromatic heterocycles. The molecule has 1 saturated heterocycles. The first-order valence-electron chi connectivity index (χ1n) is 10.5. The molecule has 1 aliphatic rings. The highest BCUT2D eigenvalue weighted by Crippen LogP contribution is 2.19. The number of methoxy groups -OCH3 is 1. The molecular formula is C23H31N5O3. The van der Waals surface area contributed by atoms with E-state index in [4.69, 9.17) is 10.6 Å². The molecule has 8 heteroatoms. The van der Waals surface area contributed by atoms with Gasteiger partial charge in [-0.15, -0.1) is 0 Å². The number of hydrogen-bond acceptors (Lipinski definition) is 5. The third-order valence-corrected chi connectivity index (χ3v) is 5.61. The van der Waals surface area contributed by atoms with Crippen LogP contribution < -0.4 is 16.0 Å². The van der Waals surface area contributed by atoms with Crippen molar-refractivity contribution in [1.82, 2.24) is 20.1 Å². The van der Waals surface area contributed by atoms with Crippen LogP contribution in [0.15, 0.2) is 48.5 Å². The Labute approximate surface area is 183 Å². The van der Waals surface area contributed by atoms with Crippen LogP contribution in [0.1, 0.15) is 21.5 Å². The number of nitrogens with one attached hydrogen (secondary N) is 1. The number of nitrogens with zero attached hydrogens (tertiary/aromatic N) is 3. The number of ether oxygens (including phenoxy) is 1. The van der Waals surface area contributed by atoms with Gasteiger partial charge >= 0.3 is 6.03 Å². The van der Waals surface area contributed by atoms with Gasteiger partial charge in [-0.05, 0) is 42.8 Å². The molecule has 0 atom stereocenters. The van der Waals surface area contributed by atoms with Gasteiger partial charge in [0.2, 0.25) is 0 Å². The number of nitrogen functional groups attached to an aromatic ring is 1. The highest BCUT2D eigenvalue weighted by Gasteiger charge is 2.24. The van der Waals surface area contributed by atoms with Crippen LogP contribution in [0.2, 0.25) is 0 Å². The average Bonchev–Trinajstić information content (AvgIpc) is 2.81. The number of likely N-dealkylation sites (N-methyl/N-ethyl adjacent to an activating group) is 1. The number of piperazine rings is 1. The SMILES string of the molecule is COc1ccccc1CCN(Cc1ccc(C(=O)NN)cc1)C(=O)N1CCN(C)CC1. The molecule has 3 amide bonds. The molecule has 1 aliphatic heterocycles. The number of amides is 3. The van der Waals surface area contributed by atoms with Crippen LogP contribution in [0.25, 0.3) is 0 Å². The number of urea groups is 1. The lowest BCUT2D eigenvalue weighted by molar-refractivity contribution is 0.0953. The second-order valence-corrected chi connectivity index (χ2v) is 7.73. The van der Waals surface area contributed by atoms with Gasteiger partial charge < -0.3 is 19.4 Å². The normalized spacial score (nSPS) is 14.2. The summed E-state index contributed by atoms with van der Waals surface area (Å²) in [6.07, 6.45) is 0.692. The van der Waals surface area contributed by atoms with E-state index in [0.717, 1.165) is 43.1 Å². The number of hydrogen-bond donors (Lipinski definition) is 2. The predicted molar refractivity (Wildman–Crippen MR) is 120 cm³/mol. The number of carbonyl (C=O) groups is 2. The van der Waals surface area contributed by atoms with Crippen LogP contribution in [-0.2, 0) is 13.0 Å². The van der Waals surface area contributed by atoms with Crippen molar-refractivity contribution in [3.63, 3.8) is 0 Å². The Hall–Kier alpha value is -3.10. The summed E-state index contributed by atoms with van der Waals surface area (Å²) in [6.45, 7) is 4.21. The molecule has 8 nitrogen and oxygen atoms in total. The molecule has 1 fully saturated rings. The Kier molecular flexibility index (Phi) is 7.86. The Bertz CT molecular complexity index is 879. The first kappa shape index (κ1) is 22.6. The zero-order valence-corrected chi connectivity index (χ0v) is 18.2. The molecule has 0 spiro atoms. The molecule has 166 valence electrons. The molecule has 0 aliphatic carbocycles. The molecule has 3 N–H and O–H groups in total. The van der Waals surface area contributed by atoms with Gasteiger partial charge in [0.05, 0.1) is 7.11 Å². The lowest BCUT2D eigenvalue weighted by Gasteiger charge is -2.36. The van der Waals surface area contributed by atoms with Crippen molar-refractivity contribution in [2.75, 3.05) is 46.9 Å². The zero-order chi connectivity index (χ0) is 22.2. The van der Waals surface area contributed by atoms with Crippen LogP contribution in [-0.4, -0.2) is 73.5 Å². The molecule has 1 heterocycles. The van der Waals surface area contributed by atoms with Crippen LogP contribution in [0.5, 0.6) is 5.75 Å². The first-order chi connectivity index (χ1) is 15.0. The minimum Gasteiger partial charge on any atom is -0.496 e. The molecule has 0 saturated carbocycles. The maximum atomic E-state index is 13.3. The van der Waals surface area contributed by atoms with Crippen LogP contribution in [0.4, 0.5) is 4.79 Å². The first-order valence-corrected chi connectivity index (χ1v) is 10.5. The van der Waals surface area contributed by atoms with E-state index in [0.29, 0.717) is 25.1 Å². The van der Waals surface area contributed by atoms with E-state index in [-0.39, 0.29) is 11.9 Å². The van der Waals surface area contributed by atoms with Gasteiger partial charge in [-0.25, -0.2) is 10.6 Å². The number of hydrazine groups is 1. The van der Waals surface area contributed by atoms with Crippen molar-refractivity contribution < 1.29 is 14.3 Å². The van der Waals surface area contributed by atoms with Gasteiger partial charge in [0.15, 0.2) is 0 Å². The summed E-state index contributed by atoms with van der Waals surface area (Å²) in [7, 11) is 3.73. The summed E-state index contributed by atoms with van der Waals surface area (Å²) in [6, 6.07) is 15.1. The van der Waals surface area contributed by atoms with Crippen LogP contribution in [0, 0.1) is 0 Å². The van der Waals surface area contributed by atoms with Crippen molar-refractivity contribution in [3.05, 3.63) is 65.2 Å². The van der Waals surface area contributed by atoms with E-state index in [1.807, 2.05) is 46.2 Å². The van der Waals surface area contributed by atoms with E-state index >= 15 is 0 Å². The molecule has 31 heavy (non-hydrogen) atoms. The number of rotatable bonds is 7. The quantitative estimate of drug-likeness (QED) is 0.400.